The molecule has 1 aromatic rings. The molecule has 2 N–H and O–H groups in total. The number of carbonyl (C=O) groups excluding carboxylic acids is 2. The van der Waals surface area contributed by atoms with E-state index in [0.29, 0.717) is 0 Å². The van der Waals surface area contributed by atoms with E-state index in [1.807, 2.05) is 0 Å². The van der Waals surface area contributed by atoms with Gasteiger partial charge in [-0.15, -0.1) is 0 Å². The van der Waals surface area contributed by atoms with Crippen molar-refractivity contribution in [2.24, 2.45) is 0 Å². The molecule has 1 rings (SSSR count). The molecule has 0 amide bonds. The number of aryl methyl sites for hydroxylation is 2. The third-order valence-electron chi connectivity index (χ3n) is 5.02. The minimum absolute atomic E-state index is 0.750. The Labute approximate surface area is 172 Å². The molecule has 158 valence electrons. The summed E-state index contributed by atoms with van der Waals surface area (Å²) in [7, 11) is 0. The third kappa shape index (κ3) is 18.8. The quantitative estimate of drug-likeness (QED) is 0.210. The smallest absolute Gasteiger partial charge is 0.222 e. The highest BCUT2D eigenvalue weighted by Gasteiger charge is 2.00. The number of rotatable bonds is 13. The van der Waals surface area contributed by atoms with Crippen molar-refractivity contribution in [2.75, 3.05) is 0 Å². The number of isocyanates is 2. The summed E-state index contributed by atoms with van der Waals surface area (Å²) in [4.78, 5) is 16.7. The summed E-state index contributed by atoms with van der Waals surface area (Å²) in [5, 5.41) is 10.8. The Morgan fingerprint density at radius 1 is 0.714 bits per heavy atom. The zero-order valence-corrected chi connectivity index (χ0v) is 18.2. The Bertz CT molecular complexity index is 532. The molecule has 4 nitrogen and oxygen atoms in total. The summed E-state index contributed by atoms with van der Waals surface area (Å²) >= 11 is 0. The normalized spacial score (nSPS) is 9.25. The fraction of sp³-hybridized carbons (Fsp3) is 0.667. The van der Waals surface area contributed by atoms with Gasteiger partial charge in [0, 0.05) is 0 Å². The second kappa shape index (κ2) is 23.0. The van der Waals surface area contributed by atoms with E-state index in [1.54, 1.807) is 5.56 Å². The van der Waals surface area contributed by atoms with Crippen LogP contribution in [-0.4, -0.2) is 12.2 Å². The Kier molecular flexibility index (Phi) is 23.2. The monoisotopic (exact) mass is 388 g/mol. The van der Waals surface area contributed by atoms with Crippen LogP contribution < -0.4 is 0 Å². The van der Waals surface area contributed by atoms with Gasteiger partial charge < -0.3 is 0 Å². The van der Waals surface area contributed by atoms with E-state index in [-0.39, 0.29) is 0 Å². The van der Waals surface area contributed by atoms with Crippen LogP contribution in [-0.2, 0) is 16.0 Å². The van der Waals surface area contributed by atoms with Crippen LogP contribution in [0.1, 0.15) is 101 Å². The van der Waals surface area contributed by atoms with E-state index in [0.717, 1.165) is 12.2 Å². The molecule has 0 bridgehead atoms. The van der Waals surface area contributed by atoms with Crippen LogP contribution in [0.5, 0.6) is 0 Å². The van der Waals surface area contributed by atoms with Gasteiger partial charge in [0.25, 0.3) is 0 Å². The van der Waals surface area contributed by atoms with Gasteiger partial charge in [-0.25, -0.2) is 20.4 Å². The van der Waals surface area contributed by atoms with Crippen LogP contribution in [0.25, 0.3) is 0 Å². The van der Waals surface area contributed by atoms with Crippen molar-refractivity contribution >= 4 is 12.2 Å². The lowest BCUT2D eigenvalue weighted by Crippen LogP contribution is -1.92. The van der Waals surface area contributed by atoms with Crippen LogP contribution in [0, 0.1) is 24.7 Å². The van der Waals surface area contributed by atoms with E-state index < -0.39 is 0 Å². The van der Waals surface area contributed by atoms with Crippen molar-refractivity contribution in [1.82, 2.24) is 0 Å². The molecule has 28 heavy (non-hydrogen) atoms. The van der Waals surface area contributed by atoms with Gasteiger partial charge >= 0.3 is 0 Å². The average Bonchev–Trinajstić information content (AvgIpc) is 2.67. The maximum absolute atomic E-state index is 8.35. The van der Waals surface area contributed by atoms with Crippen molar-refractivity contribution < 1.29 is 9.59 Å². The lowest BCUT2D eigenvalue weighted by Gasteiger charge is -2.08. The van der Waals surface area contributed by atoms with Gasteiger partial charge in [0.05, 0.1) is 0 Å². The first kappa shape index (κ1) is 28.2. The molecule has 0 spiro atoms. The van der Waals surface area contributed by atoms with Gasteiger partial charge in [-0.1, -0.05) is 95.8 Å². The molecule has 0 radical (unpaired) electrons. The maximum Gasteiger partial charge on any atom is 0.231 e. The zero-order valence-electron chi connectivity index (χ0n) is 18.2. The Hall–Kier alpha value is -2.02. The highest BCUT2D eigenvalue weighted by atomic mass is 16.1. The number of nitrogens with one attached hydrogen (secondary N) is 2. The molecule has 0 unspecified atom stereocenters. The summed E-state index contributed by atoms with van der Waals surface area (Å²) in [6.07, 6.45) is 20.0. The predicted molar refractivity (Wildman–Crippen MR) is 118 cm³/mol. The molecule has 0 saturated carbocycles. The van der Waals surface area contributed by atoms with Gasteiger partial charge in [0.1, 0.15) is 0 Å². The Balaban J connectivity index is 0. The van der Waals surface area contributed by atoms with Crippen LogP contribution in [0.4, 0.5) is 0 Å². The minimum Gasteiger partial charge on any atom is -0.222 e. The number of hydrogen-bond donors (Lipinski definition) is 2. The fourth-order valence-electron chi connectivity index (χ4n) is 3.24. The van der Waals surface area contributed by atoms with E-state index in [2.05, 4.69) is 39.0 Å². The number of hydrogen-bond acceptors (Lipinski definition) is 4. The van der Waals surface area contributed by atoms with Gasteiger partial charge in [-0.2, -0.15) is 0 Å². The Morgan fingerprint density at radius 2 is 1.11 bits per heavy atom. The van der Waals surface area contributed by atoms with E-state index >= 15 is 0 Å². The first-order valence-corrected chi connectivity index (χ1v) is 10.7. The molecule has 0 fully saturated rings. The topological polar surface area (TPSA) is 81.8 Å². The van der Waals surface area contributed by atoms with Crippen LogP contribution in [0.2, 0.25) is 0 Å². The molecule has 1 aromatic carbocycles. The summed E-state index contributed by atoms with van der Waals surface area (Å²) in [6.45, 7) is 6.78. The SMILES string of the molecule is CCCCCCCCCCCCCCc1cccc(C)c1C.N=C=O.N=C=O. The summed E-state index contributed by atoms with van der Waals surface area (Å²) < 4.78 is 0. The molecular weight excluding hydrogens is 348 g/mol. The van der Waals surface area contributed by atoms with Gasteiger partial charge in [-0.3, -0.25) is 0 Å². The molecule has 0 saturated heterocycles. The van der Waals surface area contributed by atoms with E-state index in [1.165, 1.54) is 94.6 Å². The second-order valence-corrected chi connectivity index (χ2v) is 7.20. The average molecular weight is 389 g/mol. The van der Waals surface area contributed by atoms with Crippen molar-refractivity contribution in [3.8, 4) is 0 Å². The van der Waals surface area contributed by atoms with Crippen molar-refractivity contribution in [2.45, 2.75) is 104 Å². The molecule has 0 aliphatic carbocycles. The lowest BCUT2D eigenvalue weighted by molar-refractivity contribution is 0.544. The molecule has 4 heteroatoms. The second-order valence-electron chi connectivity index (χ2n) is 7.20. The standard InChI is InChI=1S/C22H38.2CHNO/c1-4-5-6-7-8-9-10-11-12-13-14-15-18-22-19-16-17-20(2)21(22)3;2*2-1-3/h16-17,19H,4-15,18H2,1-3H3;2*2H. The summed E-state index contributed by atoms with van der Waals surface area (Å²) in [6, 6.07) is 6.74. The fourth-order valence-corrected chi connectivity index (χ4v) is 3.24. The van der Waals surface area contributed by atoms with E-state index in [4.69, 9.17) is 20.4 Å². The molecule has 0 aromatic heterocycles. The third-order valence-corrected chi connectivity index (χ3v) is 5.02. The van der Waals surface area contributed by atoms with Crippen LogP contribution in [0.15, 0.2) is 18.2 Å². The van der Waals surface area contributed by atoms with Crippen molar-refractivity contribution in [3.63, 3.8) is 0 Å². The largest absolute Gasteiger partial charge is 0.231 e. The molecule has 0 aliphatic heterocycles. The molecule has 0 heterocycles. The van der Waals surface area contributed by atoms with Gasteiger partial charge in [0.2, 0.25) is 12.2 Å². The van der Waals surface area contributed by atoms with Crippen LogP contribution in [0.3, 0.4) is 0 Å². The first-order valence-electron chi connectivity index (χ1n) is 10.7. The predicted octanol–water partition coefficient (Wildman–Crippen LogP) is 7.35. The van der Waals surface area contributed by atoms with Crippen molar-refractivity contribution in [1.29, 1.82) is 10.8 Å². The van der Waals surface area contributed by atoms with Gasteiger partial charge in [0.15, 0.2) is 0 Å². The molecule has 0 atom stereocenters. The van der Waals surface area contributed by atoms with Crippen molar-refractivity contribution in [3.05, 3.63) is 34.9 Å². The lowest BCUT2D eigenvalue weighted by atomic mass is 9.98. The number of benzene rings is 1. The zero-order chi connectivity index (χ0) is 21.5. The summed E-state index contributed by atoms with van der Waals surface area (Å²) in [5.41, 5.74) is 4.51. The highest BCUT2D eigenvalue weighted by molar-refractivity contribution is 5.33. The molecular formula is C24H40N2O2. The number of unbranched alkanes of at least 4 members (excludes halogenated alkanes) is 11. The van der Waals surface area contributed by atoms with Gasteiger partial charge in [-0.05, 0) is 43.4 Å². The Morgan fingerprint density at radius 3 is 1.54 bits per heavy atom. The maximum atomic E-state index is 8.35. The van der Waals surface area contributed by atoms with Crippen LogP contribution >= 0.6 is 0 Å². The minimum atomic E-state index is 0.750. The summed E-state index contributed by atoms with van der Waals surface area (Å²) in [5.74, 6) is 0. The first-order chi connectivity index (χ1) is 13.6. The van der Waals surface area contributed by atoms with E-state index in [9.17, 15) is 0 Å². The molecule has 0 aliphatic rings. The highest BCUT2D eigenvalue weighted by Crippen LogP contribution is 2.17.